The molecule has 0 spiro atoms. The maximum absolute atomic E-state index is 7.82. The molecule has 0 atom stereocenters. The zero-order chi connectivity index (χ0) is 19.8. The third kappa shape index (κ3) is 4.42. The van der Waals surface area contributed by atoms with Gasteiger partial charge in [0.2, 0.25) is 7.38 Å². The van der Waals surface area contributed by atoms with Gasteiger partial charge < -0.3 is 0 Å². The summed E-state index contributed by atoms with van der Waals surface area (Å²) >= 11 is 7.82. The molecule has 0 aliphatic carbocycles. The summed E-state index contributed by atoms with van der Waals surface area (Å²) in [6.07, 6.45) is 6.98. The number of benzene rings is 3. The first-order valence-electron chi connectivity index (χ1n) is 10.6. The van der Waals surface area contributed by atoms with Gasteiger partial charge in [0.15, 0.2) is 0 Å². The minimum absolute atomic E-state index is 1.10. The zero-order valence-corrected chi connectivity index (χ0v) is 18.9. The fourth-order valence-corrected chi connectivity index (χ4v) is 9.01. The van der Waals surface area contributed by atoms with E-state index in [2.05, 4.69) is 92.7 Å². The van der Waals surface area contributed by atoms with Crippen LogP contribution in [0.5, 0.6) is 0 Å². The topological polar surface area (TPSA) is 0 Å². The van der Waals surface area contributed by atoms with Crippen molar-refractivity contribution in [2.75, 3.05) is 0 Å². The van der Waals surface area contributed by atoms with Gasteiger partial charge in [-0.25, -0.2) is 0 Å². The van der Waals surface area contributed by atoms with Crippen LogP contribution in [-0.4, -0.2) is 7.38 Å². The molecule has 28 heavy (non-hydrogen) atoms. The van der Waals surface area contributed by atoms with Crippen LogP contribution in [0.1, 0.15) is 50.7 Å². The Kier molecular flexibility index (Phi) is 7.53. The summed E-state index contributed by atoms with van der Waals surface area (Å²) in [4.78, 5) is 0. The molecule has 0 saturated heterocycles. The van der Waals surface area contributed by atoms with Crippen LogP contribution in [0.4, 0.5) is 0 Å². The van der Waals surface area contributed by atoms with Crippen LogP contribution in [0.2, 0.25) is 0 Å². The van der Waals surface area contributed by atoms with Crippen LogP contribution in [-0.2, 0) is 12.8 Å². The molecule has 0 heterocycles. The first-order chi connectivity index (χ1) is 13.7. The molecule has 0 saturated carbocycles. The molecule has 2 heteroatoms. The van der Waals surface area contributed by atoms with Gasteiger partial charge in [0.25, 0.3) is 0 Å². The van der Waals surface area contributed by atoms with Crippen LogP contribution in [0.25, 0.3) is 0 Å². The summed E-state index contributed by atoms with van der Waals surface area (Å²) in [6.45, 7) is 4.51. The average Bonchev–Trinajstić information content (AvgIpc) is 2.76. The lowest BCUT2D eigenvalue weighted by atomic mass is 10.1. The van der Waals surface area contributed by atoms with E-state index in [0.29, 0.717) is 0 Å². The molecular formula is C26H31ClSi. The van der Waals surface area contributed by atoms with Crippen LogP contribution >= 0.6 is 11.1 Å². The second-order valence-corrected chi connectivity index (χ2v) is 12.2. The molecule has 0 aliphatic heterocycles. The Hall–Kier alpha value is -1.83. The molecule has 3 aromatic carbocycles. The normalized spacial score (nSPS) is 11.5. The Morgan fingerprint density at radius 3 is 1.50 bits per heavy atom. The van der Waals surface area contributed by atoms with E-state index in [-0.39, 0.29) is 0 Å². The Bertz CT molecular complexity index is 821. The van der Waals surface area contributed by atoms with Crippen LogP contribution in [0.15, 0.2) is 78.9 Å². The predicted octanol–water partition coefficient (Wildman–Crippen LogP) is 5.58. The van der Waals surface area contributed by atoms with Gasteiger partial charge in [0, 0.05) is 0 Å². The first kappa shape index (κ1) is 20.9. The van der Waals surface area contributed by atoms with Crippen molar-refractivity contribution >= 4 is 34.0 Å². The third-order valence-electron chi connectivity index (χ3n) is 5.55. The molecule has 0 aliphatic rings. The number of unbranched alkanes of at least 4 members (excludes halogenated alkanes) is 2. The van der Waals surface area contributed by atoms with Gasteiger partial charge in [-0.3, -0.25) is 0 Å². The van der Waals surface area contributed by atoms with Crippen molar-refractivity contribution in [2.24, 2.45) is 0 Å². The van der Waals surface area contributed by atoms with Gasteiger partial charge in [-0.1, -0.05) is 106 Å². The first-order valence-corrected chi connectivity index (χ1v) is 13.6. The summed E-state index contributed by atoms with van der Waals surface area (Å²) in [5.41, 5.74) is 2.83. The molecule has 0 nitrogen and oxygen atoms in total. The van der Waals surface area contributed by atoms with E-state index in [0.717, 1.165) is 12.8 Å². The predicted molar refractivity (Wildman–Crippen MR) is 127 cm³/mol. The Morgan fingerprint density at radius 1 is 0.607 bits per heavy atom. The van der Waals surface area contributed by atoms with E-state index in [1.165, 1.54) is 52.4 Å². The van der Waals surface area contributed by atoms with E-state index in [9.17, 15) is 0 Å². The van der Waals surface area contributed by atoms with E-state index in [4.69, 9.17) is 11.1 Å². The van der Waals surface area contributed by atoms with E-state index >= 15 is 0 Å². The highest BCUT2D eigenvalue weighted by Crippen LogP contribution is 2.18. The standard InChI is InChI=1S/C26H31ClSi/c1-3-5-14-22-16-10-12-20-25(22)28(27,24-18-8-7-9-19-24)26-21-13-11-17-23(26)15-6-4-2/h7-13,16-21H,3-6,14-15H2,1-2H3. The van der Waals surface area contributed by atoms with Crippen molar-refractivity contribution in [3.8, 4) is 0 Å². The molecule has 0 fully saturated rings. The molecule has 0 amide bonds. The minimum atomic E-state index is -2.59. The van der Waals surface area contributed by atoms with Crippen molar-refractivity contribution < 1.29 is 0 Å². The van der Waals surface area contributed by atoms with Crippen LogP contribution < -0.4 is 15.6 Å². The SMILES string of the molecule is CCCCc1ccccc1[Si](Cl)(c1ccccc1)c1ccccc1CCCC. The second-order valence-electron chi connectivity index (χ2n) is 7.55. The highest BCUT2D eigenvalue weighted by Gasteiger charge is 2.40. The maximum atomic E-state index is 7.82. The molecule has 0 aromatic heterocycles. The summed E-state index contributed by atoms with van der Waals surface area (Å²) in [7, 11) is -2.59. The molecule has 3 rings (SSSR count). The lowest BCUT2D eigenvalue weighted by Gasteiger charge is -2.30. The largest absolute Gasteiger partial charge is 0.248 e. The van der Waals surface area contributed by atoms with Gasteiger partial charge >= 0.3 is 0 Å². The molecule has 0 unspecified atom stereocenters. The number of rotatable bonds is 9. The highest BCUT2D eigenvalue weighted by atomic mass is 35.6. The fraction of sp³-hybridized carbons (Fsp3) is 0.308. The van der Waals surface area contributed by atoms with Crippen molar-refractivity contribution in [2.45, 2.75) is 52.4 Å². The van der Waals surface area contributed by atoms with Crippen LogP contribution in [0, 0.1) is 0 Å². The molecular weight excluding hydrogens is 376 g/mol. The smallest absolute Gasteiger partial charge is 0.149 e. The van der Waals surface area contributed by atoms with Gasteiger partial charge in [-0.15, -0.1) is 11.1 Å². The minimum Gasteiger partial charge on any atom is -0.149 e. The van der Waals surface area contributed by atoms with Crippen molar-refractivity contribution in [1.82, 2.24) is 0 Å². The van der Waals surface area contributed by atoms with E-state index in [1.807, 2.05) is 0 Å². The second kappa shape index (κ2) is 10.1. The molecule has 146 valence electrons. The van der Waals surface area contributed by atoms with Gasteiger partial charge in [-0.05, 0) is 52.4 Å². The molecule has 0 N–H and O–H groups in total. The van der Waals surface area contributed by atoms with Gasteiger partial charge in [0.1, 0.15) is 0 Å². The number of aryl methyl sites for hydroxylation is 2. The lowest BCUT2D eigenvalue weighted by Crippen LogP contribution is -2.64. The maximum Gasteiger partial charge on any atom is 0.248 e. The van der Waals surface area contributed by atoms with E-state index in [1.54, 1.807) is 0 Å². The summed E-state index contributed by atoms with van der Waals surface area (Å²) in [6, 6.07) is 28.6. The third-order valence-corrected chi connectivity index (χ3v) is 11.0. The fourth-order valence-electron chi connectivity index (χ4n) is 4.01. The highest BCUT2D eigenvalue weighted by molar-refractivity contribution is 7.40. The summed E-state index contributed by atoms with van der Waals surface area (Å²) in [5, 5.41) is 4.00. The number of hydrogen-bond donors (Lipinski definition) is 0. The van der Waals surface area contributed by atoms with Crippen molar-refractivity contribution in [3.63, 3.8) is 0 Å². The Morgan fingerprint density at radius 2 is 1.04 bits per heavy atom. The van der Waals surface area contributed by atoms with Gasteiger partial charge in [0.05, 0.1) is 0 Å². The number of halogens is 1. The van der Waals surface area contributed by atoms with E-state index < -0.39 is 7.38 Å². The number of hydrogen-bond acceptors (Lipinski definition) is 0. The molecule has 0 bridgehead atoms. The quantitative estimate of drug-likeness (QED) is 0.247. The van der Waals surface area contributed by atoms with Crippen molar-refractivity contribution in [1.29, 1.82) is 0 Å². The Labute approximate surface area is 176 Å². The van der Waals surface area contributed by atoms with Gasteiger partial charge in [-0.2, -0.15) is 0 Å². The van der Waals surface area contributed by atoms with Crippen LogP contribution in [0.3, 0.4) is 0 Å². The summed E-state index contributed by atoms with van der Waals surface area (Å²) < 4.78 is 0. The molecule has 0 radical (unpaired) electrons. The Balaban J connectivity index is 2.22. The average molecular weight is 407 g/mol. The zero-order valence-electron chi connectivity index (χ0n) is 17.1. The molecule has 3 aromatic rings. The summed E-state index contributed by atoms with van der Waals surface area (Å²) in [5.74, 6) is 0. The van der Waals surface area contributed by atoms with Crippen molar-refractivity contribution in [3.05, 3.63) is 90.0 Å². The monoisotopic (exact) mass is 406 g/mol. The lowest BCUT2D eigenvalue weighted by molar-refractivity contribution is 0.796.